The molecular formula is C18H15F2NO4. The van der Waals surface area contributed by atoms with Gasteiger partial charge >= 0.3 is 6.61 Å². The summed E-state index contributed by atoms with van der Waals surface area (Å²) in [6.07, 6.45) is 3.38. The average Bonchev–Trinajstić information content (AvgIpc) is 2.60. The molecule has 2 aromatic rings. The summed E-state index contributed by atoms with van der Waals surface area (Å²) in [5.74, 6) is -0.422. The minimum atomic E-state index is -2.96. The minimum absolute atomic E-state index is 0.0981. The molecule has 7 heteroatoms. The SMILES string of the molecule is COc1cc(/C=C/C(=O)Nc2ccccc2C=O)ccc1OC(F)F. The van der Waals surface area contributed by atoms with E-state index in [1.165, 1.54) is 37.5 Å². The number of para-hydroxylation sites is 1. The van der Waals surface area contributed by atoms with Crippen molar-refractivity contribution in [3.05, 3.63) is 59.7 Å². The third-order valence-corrected chi connectivity index (χ3v) is 3.18. The van der Waals surface area contributed by atoms with Crippen LogP contribution >= 0.6 is 0 Å². The number of rotatable bonds is 7. The summed E-state index contributed by atoms with van der Waals surface area (Å²) in [4.78, 5) is 22.9. The Morgan fingerprint density at radius 2 is 1.92 bits per heavy atom. The zero-order valence-electron chi connectivity index (χ0n) is 13.2. The fraction of sp³-hybridized carbons (Fsp3) is 0.111. The number of carbonyl (C=O) groups is 2. The van der Waals surface area contributed by atoms with Crippen LogP contribution in [-0.4, -0.2) is 25.9 Å². The molecule has 1 N–H and O–H groups in total. The predicted octanol–water partition coefficient (Wildman–Crippen LogP) is 3.76. The molecule has 0 bridgehead atoms. The third kappa shape index (κ3) is 5.13. The van der Waals surface area contributed by atoms with Gasteiger partial charge in [-0.3, -0.25) is 9.59 Å². The van der Waals surface area contributed by atoms with E-state index in [-0.39, 0.29) is 11.5 Å². The van der Waals surface area contributed by atoms with Crippen LogP contribution in [-0.2, 0) is 4.79 Å². The quantitative estimate of drug-likeness (QED) is 0.612. The lowest BCUT2D eigenvalue weighted by Gasteiger charge is -2.10. The number of alkyl halides is 2. The number of anilines is 1. The van der Waals surface area contributed by atoms with E-state index >= 15 is 0 Å². The number of ether oxygens (including phenoxy) is 2. The van der Waals surface area contributed by atoms with Gasteiger partial charge in [-0.15, -0.1) is 0 Å². The fourth-order valence-corrected chi connectivity index (χ4v) is 2.04. The van der Waals surface area contributed by atoms with E-state index in [0.717, 1.165) is 0 Å². The Balaban J connectivity index is 2.10. The highest BCUT2D eigenvalue weighted by molar-refractivity contribution is 6.04. The molecular weight excluding hydrogens is 332 g/mol. The van der Waals surface area contributed by atoms with E-state index in [2.05, 4.69) is 10.1 Å². The van der Waals surface area contributed by atoms with E-state index in [1.54, 1.807) is 24.3 Å². The normalized spacial score (nSPS) is 10.7. The molecule has 2 aromatic carbocycles. The van der Waals surface area contributed by atoms with Crippen LogP contribution in [0.1, 0.15) is 15.9 Å². The summed E-state index contributed by atoms with van der Waals surface area (Å²) in [7, 11) is 1.32. The molecule has 0 aliphatic rings. The number of methoxy groups -OCH3 is 1. The number of hydrogen-bond acceptors (Lipinski definition) is 4. The number of nitrogens with one attached hydrogen (secondary N) is 1. The highest BCUT2D eigenvalue weighted by Gasteiger charge is 2.10. The van der Waals surface area contributed by atoms with Gasteiger partial charge in [-0.1, -0.05) is 18.2 Å². The Kier molecular flexibility index (Phi) is 6.22. The lowest BCUT2D eigenvalue weighted by molar-refractivity contribution is -0.111. The molecule has 0 atom stereocenters. The first-order valence-corrected chi connectivity index (χ1v) is 7.19. The number of hydrogen-bond donors (Lipinski definition) is 1. The van der Waals surface area contributed by atoms with Gasteiger partial charge in [-0.2, -0.15) is 8.78 Å². The molecule has 1 amide bonds. The molecule has 0 saturated heterocycles. The van der Waals surface area contributed by atoms with E-state index in [0.29, 0.717) is 23.1 Å². The van der Waals surface area contributed by atoms with Crippen LogP contribution in [0.2, 0.25) is 0 Å². The van der Waals surface area contributed by atoms with Crippen LogP contribution in [0.3, 0.4) is 0 Å². The molecule has 5 nitrogen and oxygen atoms in total. The van der Waals surface area contributed by atoms with Crippen molar-refractivity contribution in [2.45, 2.75) is 6.61 Å². The van der Waals surface area contributed by atoms with Crippen molar-refractivity contribution in [2.24, 2.45) is 0 Å². The molecule has 0 heterocycles. The first kappa shape index (κ1) is 18.1. The smallest absolute Gasteiger partial charge is 0.387 e. The maximum atomic E-state index is 12.3. The van der Waals surface area contributed by atoms with Crippen LogP contribution in [0, 0.1) is 0 Å². The number of halogens is 2. The summed E-state index contributed by atoms with van der Waals surface area (Å²) >= 11 is 0. The molecule has 0 unspecified atom stereocenters. The van der Waals surface area contributed by atoms with Crippen LogP contribution < -0.4 is 14.8 Å². The number of benzene rings is 2. The van der Waals surface area contributed by atoms with Crippen molar-refractivity contribution < 1.29 is 27.8 Å². The van der Waals surface area contributed by atoms with Gasteiger partial charge in [0.25, 0.3) is 0 Å². The largest absolute Gasteiger partial charge is 0.493 e. The Labute approximate surface area is 142 Å². The second-order valence-electron chi connectivity index (χ2n) is 4.82. The first-order valence-electron chi connectivity index (χ1n) is 7.19. The summed E-state index contributed by atoms with van der Waals surface area (Å²) in [6.45, 7) is -2.96. The van der Waals surface area contributed by atoms with Crippen molar-refractivity contribution in [1.82, 2.24) is 0 Å². The Bertz CT molecular complexity index is 790. The van der Waals surface area contributed by atoms with Crippen LogP contribution in [0.5, 0.6) is 11.5 Å². The predicted molar refractivity (Wildman–Crippen MR) is 89.1 cm³/mol. The van der Waals surface area contributed by atoms with Crippen molar-refractivity contribution >= 4 is 24.0 Å². The molecule has 0 radical (unpaired) electrons. The zero-order valence-corrected chi connectivity index (χ0v) is 13.2. The van der Waals surface area contributed by atoms with Gasteiger partial charge in [0.15, 0.2) is 17.8 Å². The molecule has 0 aromatic heterocycles. The van der Waals surface area contributed by atoms with E-state index < -0.39 is 12.5 Å². The van der Waals surface area contributed by atoms with Gasteiger partial charge in [0.05, 0.1) is 12.8 Å². The number of carbonyl (C=O) groups excluding carboxylic acids is 2. The minimum Gasteiger partial charge on any atom is -0.493 e. The summed E-state index contributed by atoms with van der Waals surface area (Å²) in [6, 6.07) is 10.9. The standard InChI is InChI=1S/C18H15F2NO4/c1-24-16-10-12(6-8-15(16)25-18(19)20)7-9-17(23)21-14-5-3-2-4-13(14)11-22/h2-11,18H,1H3,(H,21,23)/b9-7+. The second kappa shape index (κ2) is 8.58. The molecule has 0 aliphatic heterocycles. The van der Waals surface area contributed by atoms with Crippen LogP contribution in [0.4, 0.5) is 14.5 Å². The third-order valence-electron chi connectivity index (χ3n) is 3.18. The molecule has 0 fully saturated rings. The fourth-order valence-electron chi connectivity index (χ4n) is 2.04. The first-order chi connectivity index (χ1) is 12.0. The topological polar surface area (TPSA) is 64.6 Å². The molecule has 0 aliphatic carbocycles. The van der Waals surface area contributed by atoms with E-state index in [4.69, 9.17) is 4.74 Å². The van der Waals surface area contributed by atoms with Crippen LogP contribution in [0.25, 0.3) is 6.08 Å². The molecule has 0 saturated carbocycles. The lowest BCUT2D eigenvalue weighted by Crippen LogP contribution is -2.09. The van der Waals surface area contributed by atoms with Crippen molar-refractivity contribution in [3.63, 3.8) is 0 Å². The summed E-state index contributed by atoms with van der Waals surface area (Å²) in [5, 5.41) is 2.59. The van der Waals surface area contributed by atoms with E-state index in [9.17, 15) is 18.4 Å². The molecule has 130 valence electrons. The van der Waals surface area contributed by atoms with Gasteiger partial charge in [-0.25, -0.2) is 0 Å². The number of aldehydes is 1. The molecule has 0 spiro atoms. The van der Waals surface area contributed by atoms with Crippen molar-refractivity contribution in [1.29, 1.82) is 0 Å². The highest BCUT2D eigenvalue weighted by atomic mass is 19.3. The summed E-state index contributed by atoms with van der Waals surface area (Å²) < 4.78 is 33.9. The Morgan fingerprint density at radius 3 is 2.60 bits per heavy atom. The Hall–Kier alpha value is -3.22. The summed E-state index contributed by atoms with van der Waals surface area (Å²) in [5.41, 5.74) is 1.31. The monoisotopic (exact) mass is 347 g/mol. The maximum Gasteiger partial charge on any atom is 0.387 e. The van der Waals surface area contributed by atoms with Gasteiger partial charge < -0.3 is 14.8 Å². The van der Waals surface area contributed by atoms with Crippen molar-refractivity contribution in [2.75, 3.05) is 12.4 Å². The maximum absolute atomic E-state index is 12.3. The Morgan fingerprint density at radius 1 is 1.16 bits per heavy atom. The molecule has 25 heavy (non-hydrogen) atoms. The zero-order chi connectivity index (χ0) is 18.2. The van der Waals surface area contributed by atoms with Gasteiger partial charge in [0.1, 0.15) is 0 Å². The highest BCUT2D eigenvalue weighted by Crippen LogP contribution is 2.29. The van der Waals surface area contributed by atoms with Gasteiger partial charge in [-0.05, 0) is 35.9 Å². The lowest BCUT2D eigenvalue weighted by atomic mass is 10.1. The molecule has 2 rings (SSSR count). The van der Waals surface area contributed by atoms with Crippen molar-refractivity contribution in [3.8, 4) is 11.5 Å². The van der Waals surface area contributed by atoms with Gasteiger partial charge in [0, 0.05) is 11.6 Å². The van der Waals surface area contributed by atoms with Gasteiger partial charge in [0.2, 0.25) is 5.91 Å². The second-order valence-corrected chi connectivity index (χ2v) is 4.82. The van der Waals surface area contributed by atoms with Crippen LogP contribution in [0.15, 0.2) is 48.5 Å². The average molecular weight is 347 g/mol. The number of amides is 1. The van der Waals surface area contributed by atoms with E-state index in [1.807, 2.05) is 0 Å².